The van der Waals surface area contributed by atoms with Gasteiger partial charge in [-0.25, -0.2) is 9.50 Å². The van der Waals surface area contributed by atoms with E-state index in [0.29, 0.717) is 10.1 Å². The Morgan fingerprint density at radius 2 is 2.38 bits per heavy atom. The Morgan fingerprint density at radius 3 is 3.08 bits per heavy atom. The highest BCUT2D eigenvalue weighted by Crippen LogP contribution is 2.21. The van der Waals surface area contributed by atoms with Gasteiger partial charge in [0.2, 0.25) is 0 Å². The van der Waals surface area contributed by atoms with Gasteiger partial charge in [0.15, 0.2) is 5.65 Å². The summed E-state index contributed by atoms with van der Waals surface area (Å²) in [5.74, 6) is 0. The molecule has 66 valence electrons. The number of halogens is 1. The van der Waals surface area contributed by atoms with Crippen LogP contribution in [0.5, 0.6) is 0 Å². The van der Waals surface area contributed by atoms with Crippen LogP contribution in [0.2, 0.25) is 0 Å². The third kappa shape index (κ3) is 1.26. The van der Waals surface area contributed by atoms with Gasteiger partial charge in [-0.15, -0.1) is 0 Å². The molecule has 0 radical (unpaired) electrons. The van der Waals surface area contributed by atoms with Crippen LogP contribution in [0.15, 0.2) is 23.1 Å². The van der Waals surface area contributed by atoms with Crippen LogP contribution in [-0.2, 0) is 0 Å². The van der Waals surface area contributed by atoms with Crippen molar-refractivity contribution in [2.24, 2.45) is 0 Å². The number of rotatable bonds is 1. The second kappa shape index (κ2) is 2.77. The molecular formula is C6H3BrN4O2. The molecule has 0 aliphatic rings. The molecule has 0 spiro atoms. The van der Waals surface area contributed by atoms with E-state index in [-0.39, 0.29) is 5.69 Å². The van der Waals surface area contributed by atoms with Gasteiger partial charge in [0.25, 0.3) is 5.69 Å². The minimum Gasteiger partial charge on any atom is -0.258 e. The molecule has 0 aliphatic carbocycles. The highest BCUT2D eigenvalue weighted by atomic mass is 79.9. The van der Waals surface area contributed by atoms with Crippen LogP contribution in [0.3, 0.4) is 0 Å². The summed E-state index contributed by atoms with van der Waals surface area (Å²) in [6.07, 6.45) is 2.65. The number of nitro groups is 1. The van der Waals surface area contributed by atoms with Crippen LogP contribution in [-0.4, -0.2) is 19.5 Å². The minimum absolute atomic E-state index is 0.0233. The van der Waals surface area contributed by atoms with E-state index in [2.05, 4.69) is 26.0 Å². The average molecular weight is 243 g/mol. The van der Waals surface area contributed by atoms with Gasteiger partial charge in [-0.05, 0) is 15.9 Å². The zero-order chi connectivity index (χ0) is 9.42. The molecule has 2 rings (SSSR count). The van der Waals surface area contributed by atoms with Crippen molar-refractivity contribution in [2.45, 2.75) is 0 Å². The fourth-order valence-corrected chi connectivity index (χ4v) is 1.49. The van der Waals surface area contributed by atoms with Gasteiger partial charge in [0, 0.05) is 6.07 Å². The van der Waals surface area contributed by atoms with Gasteiger partial charge in [0.1, 0.15) is 12.5 Å². The molecule has 2 aromatic heterocycles. The molecule has 7 heteroatoms. The van der Waals surface area contributed by atoms with Gasteiger partial charge in [-0.3, -0.25) is 10.1 Å². The number of fused-ring (bicyclic) bond motifs is 1. The highest BCUT2D eigenvalue weighted by molar-refractivity contribution is 9.10. The first-order valence-electron chi connectivity index (χ1n) is 3.32. The molecule has 0 aliphatic heterocycles. The maximum absolute atomic E-state index is 10.4. The molecule has 2 aromatic rings. The Bertz CT molecular complexity index is 480. The maximum Gasteiger partial charge on any atom is 0.288 e. The molecule has 0 saturated carbocycles. The van der Waals surface area contributed by atoms with Crippen molar-refractivity contribution in [3.8, 4) is 0 Å². The lowest BCUT2D eigenvalue weighted by atomic mass is 10.4. The van der Waals surface area contributed by atoms with Gasteiger partial charge in [-0.1, -0.05) is 0 Å². The summed E-state index contributed by atoms with van der Waals surface area (Å²) in [5, 5.41) is 14.2. The molecule has 0 bridgehead atoms. The molecule has 0 amide bonds. The summed E-state index contributed by atoms with van der Waals surface area (Å²) < 4.78 is 1.90. The third-order valence-corrected chi connectivity index (χ3v) is 2.11. The van der Waals surface area contributed by atoms with Gasteiger partial charge >= 0.3 is 0 Å². The molecule has 0 N–H and O–H groups in total. The van der Waals surface area contributed by atoms with Crippen LogP contribution < -0.4 is 0 Å². The summed E-state index contributed by atoms with van der Waals surface area (Å²) in [6, 6.07) is 1.39. The molecule has 0 saturated heterocycles. The van der Waals surface area contributed by atoms with Crippen molar-refractivity contribution in [2.75, 3.05) is 0 Å². The van der Waals surface area contributed by atoms with Crippen molar-refractivity contribution in [1.29, 1.82) is 0 Å². The number of hydrogen-bond donors (Lipinski definition) is 0. The van der Waals surface area contributed by atoms with Crippen LogP contribution in [0.4, 0.5) is 5.69 Å². The highest BCUT2D eigenvalue weighted by Gasteiger charge is 2.10. The van der Waals surface area contributed by atoms with E-state index in [0.717, 1.165) is 0 Å². The molecule has 6 nitrogen and oxygen atoms in total. The van der Waals surface area contributed by atoms with Crippen LogP contribution >= 0.6 is 15.9 Å². The van der Waals surface area contributed by atoms with E-state index in [1.165, 1.54) is 23.1 Å². The summed E-state index contributed by atoms with van der Waals surface area (Å²) in [6.45, 7) is 0. The summed E-state index contributed by atoms with van der Waals surface area (Å²) >= 11 is 3.17. The number of aromatic nitrogens is 3. The van der Waals surface area contributed by atoms with E-state index >= 15 is 0 Å². The average Bonchev–Trinajstić information content (AvgIpc) is 2.51. The van der Waals surface area contributed by atoms with E-state index in [1.54, 1.807) is 0 Å². The summed E-state index contributed by atoms with van der Waals surface area (Å²) in [7, 11) is 0. The van der Waals surface area contributed by atoms with Gasteiger partial charge in [0.05, 0.1) is 9.40 Å². The van der Waals surface area contributed by atoms with Crippen molar-refractivity contribution in [1.82, 2.24) is 14.6 Å². The lowest BCUT2D eigenvalue weighted by Gasteiger charge is -1.94. The van der Waals surface area contributed by atoms with E-state index in [1.807, 2.05) is 0 Å². The van der Waals surface area contributed by atoms with Crippen molar-refractivity contribution < 1.29 is 4.92 Å². The molecule has 13 heavy (non-hydrogen) atoms. The quantitative estimate of drug-likeness (QED) is 0.560. The summed E-state index contributed by atoms with van der Waals surface area (Å²) in [4.78, 5) is 13.9. The maximum atomic E-state index is 10.4. The topological polar surface area (TPSA) is 73.3 Å². The van der Waals surface area contributed by atoms with Crippen LogP contribution in [0.25, 0.3) is 5.65 Å². The second-order valence-corrected chi connectivity index (χ2v) is 3.19. The largest absolute Gasteiger partial charge is 0.288 e. The fraction of sp³-hybridized carbons (Fsp3) is 0. The fourth-order valence-electron chi connectivity index (χ4n) is 0.972. The molecule has 2 heterocycles. The smallest absolute Gasteiger partial charge is 0.258 e. The zero-order valence-electron chi connectivity index (χ0n) is 6.22. The molecule has 0 aromatic carbocycles. The van der Waals surface area contributed by atoms with E-state index in [9.17, 15) is 10.1 Å². The molecule has 0 atom stereocenters. The number of nitrogens with zero attached hydrogens (tertiary/aromatic N) is 4. The second-order valence-electron chi connectivity index (χ2n) is 2.33. The predicted molar refractivity (Wildman–Crippen MR) is 47.3 cm³/mol. The monoisotopic (exact) mass is 242 g/mol. The molecular weight excluding hydrogens is 240 g/mol. The Labute approximate surface area is 80.5 Å². The first kappa shape index (κ1) is 8.11. The standard InChI is InChI=1S/C6H3BrN4O2/c7-5-1-4(11(12)13)2-10-6(5)8-3-9-10/h1-3H. The van der Waals surface area contributed by atoms with Crippen molar-refractivity contribution in [3.63, 3.8) is 0 Å². The number of pyridine rings is 1. The Balaban J connectivity index is 2.77. The summed E-state index contributed by atoms with van der Waals surface area (Å²) in [5.41, 5.74) is 0.537. The van der Waals surface area contributed by atoms with Gasteiger partial charge in [-0.2, -0.15) is 5.10 Å². The lowest BCUT2D eigenvalue weighted by Crippen LogP contribution is -1.94. The van der Waals surface area contributed by atoms with E-state index in [4.69, 9.17) is 0 Å². The van der Waals surface area contributed by atoms with Crippen molar-refractivity contribution >= 4 is 27.3 Å². The molecule has 0 unspecified atom stereocenters. The predicted octanol–water partition coefficient (Wildman–Crippen LogP) is 1.40. The Kier molecular flexibility index (Phi) is 1.73. The minimum atomic E-state index is -0.480. The van der Waals surface area contributed by atoms with Gasteiger partial charge < -0.3 is 0 Å². The van der Waals surface area contributed by atoms with E-state index < -0.39 is 4.92 Å². The van der Waals surface area contributed by atoms with Crippen LogP contribution in [0, 0.1) is 10.1 Å². The van der Waals surface area contributed by atoms with Crippen LogP contribution in [0.1, 0.15) is 0 Å². The third-order valence-electron chi connectivity index (χ3n) is 1.53. The number of hydrogen-bond acceptors (Lipinski definition) is 4. The first-order chi connectivity index (χ1) is 6.18. The SMILES string of the molecule is O=[N+]([O-])c1cc(Br)c2ncnn2c1. The lowest BCUT2D eigenvalue weighted by molar-refractivity contribution is -0.385. The zero-order valence-corrected chi connectivity index (χ0v) is 7.80. The molecule has 0 fully saturated rings. The van der Waals surface area contributed by atoms with Crippen molar-refractivity contribution in [3.05, 3.63) is 33.2 Å². The Morgan fingerprint density at radius 1 is 1.62 bits per heavy atom. The Hall–Kier alpha value is -1.50. The normalized spacial score (nSPS) is 10.5. The first-order valence-corrected chi connectivity index (χ1v) is 4.11.